The Balaban J connectivity index is 1.81. The van der Waals surface area contributed by atoms with Crippen LogP contribution < -0.4 is 10.6 Å². The smallest absolute Gasteiger partial charge is 0.238 e. The maximum absolute atomic E-state index is 12.1. The number of nitrogens with zero attached hydrogens (tertiary/aromatic N) is 2. The van der Waals surface area contributed by atoms with Crippen LogP contribution in [0.25, 0.3) is 0 Å². The molecule has 2 unspecified atom stereocenters. The van der Waals surface area contributed by atoms with Crippen LogP contribution in [0.2, 0.25) is 0 Å². The van der Waals surface area contributed by atoms with Gasteiger partial charge in [0, 0.05) is 50.4 Å². The molecule has 2 rings (SSSR count). The first-order valence-corrected chi connectivity index (χ1v) is 8.75. The average Bonchev–Trinajstić information content (AvgIpc) is 2.94. The van der Waals surface area contributed by atoms with Crippen LogP contribution in [-0.2, 0) is 4.79 Å². The topological polar surface area (TPSA) is 47.6 Å². The molecule has 2 aliphatic heterocycles. The summed E-state index contributed by atoms with van der Waals surface area (Å²) in [5.41, 5.74) is 0. The fraction of sp³-hybridized carbons (Fsp3) is 0.929. The summed E-state index contributed by atoms with van der Waals surface area (Å²) in [5.74, 6) is 2.51. The third kappa shape index (κ3) is 4.35. The van der Waals surface area contributed by atoms with E-state index in [1.165, 1.54) is 0 Å². The maximum Gasteiger partial charge on any atom is 0.238 e. The molecule has 0 radical (unpaired) electrons. The van der Waals surface area contributed by atoms with E-state index >= 15 is 0 Å². The zero-order chi connectivity index (χ0) is 14.5. The van der Waals surface area contributed by atoms with Crippen molar-refractivity contribution >= 4 is 17.7 Å². The number of hydrogen-bond acceptors (Lipinski definition) is 5. The molecule has 20 heavy (non-hydrogen) atoms. The van der Waals surface area contributed by atoms with Crippen molar-refractivity contribution in [3.05, 3.63) is 0 Å². The fourth-order valence-corrected chi connectivity index (χ4v) is 3.77. The summed E-state index contributed by atoms with van der Waals surface area (Å²) in [5, 5.41) is 6.37. The first kappa shape index (κ1) is 16.1. The van der Waals surface area contributed by atoms with Crippen LogP contribution in [-0.4, -0.2) is 79.2 Å². The zero-order valence-electron chi connectivity index (χ0n) is 12.9. The Morgan fingerprint density at radius 3 is 2.60 bits per heavy atom. The normalized spacial score (nSPS) is 26.9. The van der Waals surface area contributed by atoms with E-state index in [9.17, 15) is 4.79 Å². The molecule has 0 aliphatic carbocycles. The van der Waals surface area contributed by atoms with Gasteiger partial charge in [0.15, 0.2) is 0 Å². The standard InChI is InChI=1S/C14H28N4OS/c1-11(2)13(18-6-4-17(3)5-7-18)8-15-14(19)12-9-20-10-16-12/h11-13,16H,4-10H2,1-3H3,(H,15,19). The number of thioether (sulfide) groups is 1. The molecule has 6 heteroatoms. The van der Waals surface area contributed by atoms with Crippen molar-refractivity contribution in [3.8, 4) is 0 Å². The summed E-state index contributed by atoms with van der Waals surface area (Å²) in [6.07, 6.45) is 0. The van der Waals surface area contributed by atoms with Gasteiger partial charge in [0.1, 0.15) is 0 Å². The molecule has 0 saturated carbocycles. The lowest BCUT2D eigenvalue weighted by atomic mass is 10.0. The van der Waals surface area contributed by atoms with Gasteiger partial charge in [-0.2, -0.15) is 0 Å². The third-order valence-corrected chi connectivity index (χ3v) is 5.23. The Labute approximate surface area is 126 Å². The summed E-state index contributed by atoms with van der Waals surface area (Å²) >= 11 is 1.79. The van der Waals surface area contributed by atoms with Gasteiger partial charge in [-0.3, -0.25) is 15.0 Å². The van der Waals surface area contributed by atoms with Crippen LogP contribution in [0.3, 0.4) is 0 Å². The van der Waals surface area contributed by atoms with Gasteiger partial charge in [0.2, 0.25) is 5.91 Å². The van der Waals surface area contributed by atoms with Gasteiger partial charge in [-0.25, -0.2) is 0 Å². The second kappa shape index (κ2) is 7.64. The number of hydrogen-bond donors (Lipinski definition) is 2. The monoisotopic (exact) mass is 300 g/mol. The molecule has 2 saturated heterocycles. The lowest BCUT2D eigenvalue weighted by Crippen LogP contribution is -2.55. The van der Waals surface area contributed by atoms with E-state index < -0.39 is 0 Å². The quantitative estimate of drug-likeness (QED) is 0.751. The molecular weight excluding hydrogens is 272 g/mol. The Kier molecular flexibility index (Phi) is 6.14. The van der Waals surface area contributed by atoms with Crippen molar-refractivity contribution in [3.63, 3.8) is 0 Å². The van der Waals surface area contributed by atoms with Crippen molar-refractivity contribution in [1.29, 1.82) is 0 Å². The minimum absolute atomic E-state index is 0.000279. The summed E-state index contributed by atoms with van der Waals surface area (Å²) in [6, 6.07) is 0.446. The van der Waals surface area contributed by atoms with E-state index in [2.05, 4.69) is 41.3 Å². The van der Waals surface area contributed by atoms with E-state index in [4.69, 9.17) is 0 Å². The highest BCUT2D eigenvalue weighted by Gasteiger charge is 2.27. The minimum atomic E-state index is 0.000279. The maximum atomic E-state index is 12.1. The van der Waals surface area contributed by atoms with Crippen molar-refractivity contribution < 1.29 is 4.79 Å². The lowest BCUT2D eigenvalue weighted by Gasteiger charge is -2.40. The second-order valence-corrected chi connectivity index (χ2v) is 7.20. The largest absolute Gasteiger partial charge is 0.353 e. The van der Waals surface area contributed by atoms with Crippen LogP contribution in [0.1, 0.15) is 13.8 Å². The SMILES string of the molecule is CC(C)C(CNC(=O)C1CSCN1)N1CCN(C)CC1. The van der Waals surface area contributed by atoms with Crippen molar-refractivity contribution in [2.24, 2.45) is 5.92 Å². The number of likely N-dealkylation sites (N-methyl/N-ethyl adjacent to an activating group) is 1. The lowest BCUT2D eigenvalue weighted by molar-refractivity contribution is -0.122. The van der Waals surface area contributed by atoms with Crippen LogP contribution in [0.5, 0.6) is 0 Å². The molecule has 0 aromatic heterocycles. The van der Waals surface area contributed by atoms with Gasteiger partial charge >= 0.3 is 0 Å². The van der Waals surface area contributed by atoms with Gasteiger partial charge in [-0.15, -0.1) is 11.8 Å². The van der Waals surface area contributed by atoms with Gasteiger partial charge < -0.3 is 10.2 Å². The molecule has 116 valence electrons. The van der Waals surface area contributed by atoms with Gasteiger partial charge in [-0.1, -0.05) is 13.8 Å². The van der Waals surface area contributed by atoms with E-state index in [-0.39, 0.29) is 11.9 Å². The average molecular weight is 300 g/mol. The molecule has 2 atom stereocenters. The van der Waals surface area contributed by atoms with Gasteiger partial charge in [0.05, 0.1) is 6.04 Å². The van der Waals surface area contributed by atoms with Crippen LogP contribution in [0, 0.1) is 5.92 Å². The highest BCUT2D eigenvalue weighted by molar-refractivity contribution is 7.99. The number of piperazine rings is 1. The number of carbonyl (C=O) groups excluding carboxylic acids is 1. The first-order valence-electron chi connectivity index (χ1n) is 7.59. The molecule has 5 nitrogen and oxygen atoms in total. The van der Waals surface area contributed by atoms with Gasteiger partial charge in [0.25, 0.3) is 0 Å². The van der Waals surface area contributed by atoms with E-state index in [1.54, 1.807) is 11.8 Å². The van der Waals surface area contributed by atoms with E-state index in [0.29, 0.717) is 12.0 Å². The Morgan fingerprint density at radius 2 is 2.05 bits per heavy atom. The van der Waals surface area contributed by atoms with Crippen molar-refractivity contribution in [1.82, 2.24) is 20.4 Å². The Hall–Kier alpha value is -0.300. The molecule has 2 N–H and O–H groups in total. The third-order valence-electron chi connectivity index (χ3n) is 4.29. The molecule has 2 heterocycles. The minimum Gasteiger partial charge on any atom is -0.353 e. The number of rotatable bonds is 5. The summed E-state index contributed by atoms with van der Waals surface area (Å²) in [6.45, 7) is 9.72. The molecule has 2 fully saturated rings. The predicted molar refractivity (Wildman–Crippen MR) is 85.0 cm³/mol. The summed E-state index contributed by atoms with van der Waals surface area (Å²) < 4.78 is 0. The van der Waals surface area contributed by atoms with E-state index in [1.807, 2.05) is 0 Å². The number of carbonyl (C=O) groups is 1. The van der Waals surface area contributed by atoms with Gasteiger partial charge in [-0.05, 0) is 13.0 Å². The van der Waals surface area contributed by atoms with Crippen LogP contribution in [0.4, 0.5) is 0 Å². The van der Waals surface area contributed by atoms with Crippen molar-refractivity contribution in [2.75, 3.05) is 51.4 Å². The van der Waals surface area contributed by atoms with Crippen LogP contribution >= 0.6 is 11.8 Å². The molecule has 0 spiro atoms. The first-order chi connectivity index (χ1) is 9.58. The van der Waals surface area contributed by atoms with Crippen molar-refractivity contribution in [2.45, 2.75) is 25.9 Å². The molecule has 0 bridgehead atoms. The number of amides is 1. The molecular formula is C14H28N4OS. The molecule has 0 aromatic carbocycles. The summed E-state index contributed by atoms with van der Waals surface area (Å²) in [4.78, 5) is 17.0. The Morgan fingerprint density at radius 1 is 1.35 bits per heavy atom. The molecule has 0 aromatic rings. The van der Waals surface area contributed by atoms with E-state index in [0.717, 1.165) is 44.4 Å². The highest BCUT2D eigenvalue weighted by Crippen LogP contribution is 2.14. The molecule has 2 aliphatic rings. The highest BCUT2D eigenvalue weighted by atomic mass is 32.2. The van der Waals surface area contributed by atoms with Crippen LogP contribution in [0.15, 0.2) is 0 Å². The second-order valence-electron chi connectivity index (χ2n) is 6.17. The Bertz CT molecular complexity index is 312. The zero-order valence-corrected chi connectivity index (χ0v) is 13.7. The number of nitrogens with one attached hydrogen (secondary N) is 2. The summed E-state index contributed by atoms with van der Waals surface area (Å²) in [7, 11) is 2.17. The predicted octanol–water partition coefficient (Wildman–Crippen LogP) is 0.0371. The fourth-order valence-electron chi connectivity index (χ4n) is 2.83. The molecule has 1 amide bonds.